The summed E-state index contributed by atoms with van der Waals surface area (Å²) in [6, 6.07) is 11.0. The van der Waals surface area contributed by atoms with Gasteiger partial charge < -0.3 is 10.2 Å². The molecule has 4 heterocycles. The van der Waals surface area contributed by atoms with E-state index in [2.05, 4.69) is 20.0 Å². The number of piperidine rings is 1. The molecule has 10 nitrogen and oxygen atoms in total. The number of nitrogens with zero attached hydrogens (tertiary/aromatic N) is 4. The zero-order chi connectivity index (χ0) is 25.3. The maximum absolute atomic E-state index is 13.0. The van der Waals surface area contributed by atoms with Crippen LogP contribution in [0.5, 0.6) is 0 Å². The second-order valence-corrected chi connectivity index (χ2v) is 11.5. The van der Waals surface area contributed by atoms with Crippen molar-refractivity contribution in [2.75, 3.05) is 41.0 Å². The highest BCUT2D eigenvalue weighted by molar-refractivity contribution is 7.88. The van der Waals surface area contributed by atoms with Crippen LogP contribution in [0.25, 0.3) is 0 Å². The number of hydrogen-bond donors (Lipinski definition) is 2. The molecule has 2 aliphatic heterocycles. The Morgan fingerprint density at radius 3 is 2.67 bits per heavy atom. The molecule has 0 spiro atoms. The quantitative estimate of drug-likeness (QED) is 0.506. The first-order valence-electron chi connectivity index (χ1n) is 11.6. The fourth-order valence-corrected chi connectivity index (χ4v) is 6.22. The second-order valence-electron chi connectivity index (χ2n) is 8.86. The van der Waals surface area contributed by atoms with Gasteiger partial charge in [0.1, 0.15) is 5.69 Å². The van der Waals surface area contributed by atoms with Crippen LogP contribution in [0.4, 0.5) is 16.6 Å². The summed E-state index contributed by atoms with van der Waals surface area (Å²) < 4.78 is 25.7. The third-order valence-electron chi connectivity index (χ3n) is 6.26. The van der Waals surface area contributed by atoms with Gasteiger partial charge in [-0.2, -0.15) is 0 Å². The van der Waals surface area contributed by atoms with Crippen LogP contribution in [0.15, 0.2) is 48.0 Å². The van der Waals surface area contributed by atoms with Gasteiger partial charge in [-0.05, 0) is 43.0 Å². The van der Waals surface area contributed by atoms with Crippen LogP contribution in [0.3, 0.4) is 0 Å². The number of anilines is 3. The Balaban J connectivity index is 1.27. The number of nitrogens with one attached hydrogen (secondary N) is 2. The molecule has 36 heavy (non-hydrogen) atoms. The van der Waals surface area contributed by atoms with E-state index < -0.39 is 10.0 Å². The summed E-state index contributed by atoms with van der Waals surface area (Å²) in [7, 11) is -3.26. The second kappa shape index (κ2) is 9.96. The number of hydrogen-bond acceptors (Lipinski definition) is 8. The van der Waals surface area contributed by atoms with Gasteiger partial charge in [-0.15, -0.1) is 11.3 Å². The molecule has 0 radical (unpaired) electrons. The molecule has 0 unspecified atom stereocenters. The fraction of sp³-hybridized carbons (Fsp3) is 0.333. The molecule has 2 aromatic heterocycles. The Morgan fingerprint density at radius 1 is 1.11 bits per heavy atom. The van der Waals surface area contributed by atoms with E-state index in [0.717, 1.165) is 18.2 Å². The summed E-state index contributed by atoms with van der Waals surface area (Å²) in [6.07, 6.45) is 4.83. The predicted molar refractivity (Wildman–Crippen MR) is 139 cm³/mol. The monoisotopic (exact) mass is 526 g/mol. The minimum Gasteiger partial charge on any atom is -0.355 e. The maximum Gasteiger partial charge on any atom is 0.275 e. The van der Waals surface area contributed by atoms with Gasteiger partial charge in [0.2, 0.25) is 10.0 Å². The standard InChI is InChI=1S/C24H26N6O4S2/c1-36(33,34)28-17-9-12-29(13-10-17)21-19(7-4-11-25-21)26-22(31)20-15-35-24(27-20)30-14-8-16-5-2-3-6-18(16)23(30)32/h2-7,11,15,17,28H,8-10,12-14H2,1H3,(H,26,31). The van der Waals surface area contributed by atoms with Crippen molar-refractivity contribution in [1.29, 1.82) is 0 Å². The van der Waals surface area contributed by atoms with Crippen LogP contribution < -0.4 is 19.8 Å². The topological polar surface area (TPSA) is 125 Å². The van der Waals surface area contributed by atoms with Gasteiger partial charge in [0.25, 0.3) is 11.8 Å². The molecule has 2 aliphatic rings. The Hall–Kier alpha value is -3.35. The number of pyridine rings is 1. The first-order valence-corrected chi connectivity index (χ1v) is 14.4. The van der Waals surface area contributed by atoms with Gasteiger partial charge in [-0.25, -0.2) is 23.1 Å². The molecular formula is C24H26N6O4S2. The van der Waals surface area contributed by atoms with Crippen LogP contribution >= 0.6 is 11.3 Å². The molecule has 2 N–H and O–H groups in total. The van der Waals surface area contributed by atoms with Crippen molar-refractivity contribution in [2.45, 2.75) is 25.3 Å². The van der Waals surface area contributed by atoms with Gasteiger partial charge in [0.15, 0.2) is 10.9 Å². The molecule has 1 saturated heterocycles. The molecule has 1 aromatic carbocycles. The zero-order valence-electron chi connectivity index (χ0n) is 19.7. The minimum absolute atomic E-state index is 0.110. The lowest BCUT2D eigenvalue weighted by Crippen LogP contribution is -2.44. The Kier molecular flexibility index (Phi) is 6.73. The lowest BCUT2D eigenvalue weighted by atomic mass is 10.00. The molecule has 2 amide bonds. The Bertz CT molecular complexity index is 1400. The highest BCUT2D eigenvalue weighted by Gasteiger charge is 2.28. The zero-order valence-corrected chi connectivity index (χ0v) is 21.3. The number of carbonyl (C=O) groups excluding carboxylic acids is 2. The van der Waals surface area contributed by atoms with Gasteiger partial charge in [0, 0.05) is 42.8 Å². The largest absolute Gasteiger partial charge is 0.355 e. The number of sulfonamides is 1. The van der Waals surface area contributed by atoms with Crippen LogP contribution in [0.1, 0.15) is 39.3 Å². The van der Waals surface area contributed by atoms with Crippen LogP contribution in [-0.2, 0) is 16.4 Å². The first-order chi connectivity index (χ1) is 17.3. The molecule has 0 bridgehead atoms. The Morgan fingerprint density at radius 2 is 1.89 bits per heavy atom. The number of aromatic nitrogens is 2. The first kappa shape index (κ1) is 24.3. The average Bonchev–Trinajstić information content (AvgIpc) is 3.35. The molecule has 0 saturated carbocycles. The average molecular weight is 527 g/mol. The molecule has 1 fully saturated rings. The maximum atomic E-state index is 13.0. The fourth-order valence-electron chi connectivity index (χ4n) is 4.55. The molecule has 188 valence electrons. The van der Waals surface area contributed by atoms with Gasteiger partial charge >= 0.3 is 0 Å². The van der Waals surface area contributed by atoms with Crippen LogP contribution in [0, 0.1) is 0 Å². The summed E-state index contributed by atoms with van der Waals surface area (Å²) in [5, 5.41) is 5.04. The molecule has 5 rings (SSSR count). The lowest BCUT2D eigenvalue weighted by molar-refractivity contribution is 0.0977. The predicted octanol–water partition coefficient (Wildman–Crippen LogP) is 2.51. The van der Waals surface area contributed by atoms with E-state index in [1.165, 1.54) is 11.3 Å². The number of fused-ring (bicyclic) bond motifs is 1. The molecule has 3 aromatic rings. The Labute approximate surface area is 213 Å². The normalized spacial score (nSPS) is 16.6. The van der Waals surface area contributed by atoms with Gasteiger partial charge in [0.05, 0.1) is 11.9 Å². The van der Waals surface area contributed by atoms with Crippen LogP contribution in [-0.4, -0.2) is 62.1 Å². The highest BCUT2D eigenvalue weighted by atomic mass is 32.2. The van der Waals surface area contributed by atoms with E-state index in [-0.39, 0.29) is 23.6 Å². The number of thiazole rings is 1. The van der Waals surface area contributed by atoms with Crippen molar-refractivity contribution in [3.63, 3.8) is 0 Å². The van der Waals surface area contributed by atoms with Crippen molar-refractivity contribution in [2.24, 2.45) is 0 Å². The number of amides is 2. The number of rotatable bonds is 6. The van der Waals surface area contributed by atoms with Crippen molar-refractivity contribution in [1.82, 2.24) is 14.7 Å². The van der Waals surface area contributed by atoms with Crippen LogP contribution in [0.2, 0.25) is 0 Å². The molecule has 0 atom stereocenters. The van der Waals surface area contributed by atoms with E-state index in [4.69, 9.17) is 0 Å². The third-order valence-corrected chi connectivity index (χ3v) is 7.89. The summed E-state index contributed by atoms with van der Waals surface area (Å²) >= 11 is 1.26. The highest BCUT2D eigenvalue weighted by Crippen LogP contribution is 2.29. The summed E-state index contributed by atoms with van der Waals surface area (Å²) in [4.78, 5) is 38.6. The van der Waals surface area contributed by atoms with Gasteiger partial charge in [-0.3, -0.25) is 14.5 Å². The van der Waals surface area contributed by atoms with Gasteiger partial charge in [-0.1, -0.05) is 18.2 Å². The smallest absolute Gasteiger partial charge is 0.275 e. The molecule has 12 heteroatoms. The van der Waals surface area contributed by atoms with E-state index in [1.807, 2.05) is 29.2 Å². The molecular weight excluding hydrogens is 500 g/mol. The summed E-state index contributed by atoms with van der Waals surface area (Å²) in [5.41, 5.74) is 2.47. The van der Waals surface area contributed by atoms with E-state index in [9.17, 15) is 18.0 Å². The van der Waals surface area contributed by atoms with E-state index in [0.29, 0.717) is 54.7 Å². The number of carbonyl (C=O) groups is 2. The summed E-state index contributed by atoms with van der Waals surface area (Å²) in [5.74, 6) is 0.133. The van der Waals surface area contributed by atoms with E-state index >= 15 is 0 Å². The van der Waals surface area contributed by atoms with Crippen molar-refractivity contribution in [3.05, 3.63) is 64.8 Å². The van der Waals surface area contributed by atoms with E-state index in [1.54, 1.807) is 28.6 Å². The number of benzene rings is 1. The third kappa shape index (κ3) is 5.25. The summed E-state index contributed by atoms with van der Waals surface area (Å²) in [6.45, 7) is 1.72. The SMILES string of the molecule is CS(=O)(=O)NC1CCN(c2ncccc2NC(=O)c2csc(N3CCc4ccccc4C3=O)n2)CC1. The van der Waals surface area contributed by atoms with Crippen molar-refractivity contribution in [3.8, 4) is 0 Å². The minimum atomic E-state index is -3.26. The molecule has 0 aliphatic carbocycles. The lowest BCUT2D eigenvalue weighted by Gasteiger charge is -2.33. The van der Waals surface area contributed by atoms with Crippen molar-refractivity contribution >= 4 is 49.8 Å². The van der Waals surface area contributed by atoms with Crippen molar-refractivity contribution < 1.29 is 18.0 Å².